The molecule has 2 unspecified atom stereocenters. The highest BCUT2D eigenvalue weighted by atomic mass is 35.5. The van der Waals surface area contributed by atoms with Gasteiger partial charge in [0.2, 0.25) is 5.95 Å². The zero-order chi connectivity index (χ0) is 26.2. The first-order valence-corrected chi connectivity index (χ1v) is 15.6. The number of para-hydroxylation sites is 1. The van der Waals surface area contributed by atoms with E-state index in [2.05, 4.69) is 49.6 Å². The Morgan fingerprint density at radius 1 is 1.08 bits per heavy atom. The lowest BCUT2D eigenvalue weighted by Crippen LogP contribution is -2.44. The van der Waals surface area contributed by atoms with Crippen LogP contribution in [-0.4, -0.2) is 68.0 Å². The van der Waals surface area contributed by atoms with Crippen LogP contribution in [0.5, 0.6) is 5.75 Å². The summed E-state index contributed by atoms with van der Waals surface area (Å²) in [6, 6.07) is 14.4. The third-order valence-electron chi connectivity index (χ3n) is 7.39. The molecule has 0 spiro atoms. The molecule has 2 aliphatic heterocycles. The molecular formula is C27H34ClN6O2P. The normalized spacial score (nSPS) is 20.0. The number of ether oxygens (including phenoxy) is 1. The molecule has 0 aliphatic carbocycles. The predicted molar refractivity (Wildman–Crippen MR) is 153 cm³/mol. The molecule has 196 valence electrons. The molecule has 2 aromatic carbocycles. The van der Waals surface area contributed by atoms with Crippen molar-refractivity contribution in [3.05, 3.63) is 53.7 Å². The van der Waals surface area contributed by atoms with Crippen LogP contribution in [0.25, 0.3) is 0 Å². The first kappa shape index (κ1) is 25.8. The molecule has 2 fully saturated rings. The summed E-state index contributed by atoms with van der Waals surface area (Å²) in [5.74, 6) is 2.25. The van der Waals surface area contributed by atoms with Crippen molar-refractivity contribution < 1.29 is 9.30 Å². The number of piperidine rings is 1. The van der Waals surface area contributed by atoms with Gasteiger partial charge < -0.3 is 29.7 Å². The van der Waals surface area contributed by atoms with E-state index < -0.39 is 7.14 Å². The van der Waals surface area contributed by atoms with Crippen molar-refractivity contribution in [1.29, 1.82) is 0 Å². The molecule has 0 saturated carbocycles. The van der Waals surface area contributed by atoms with Crippen LogP contribution in [0, 0.1) is 5.92 Å². The first-order chi connectivity index (χ1) is 17.7. The van der Waals surface area contributed by atoms with Gasteiger partial charge in [-0.25, -0.2) is 4.98 Å². The highest BCUT2D eigenvalue weighted by Gasteiger charge is 2.36. The fourth-order valence-corrected chi connectivity index (χ4v) is 6.74. The van der Waals surface area contributed by atoms with Crippen LogP contribution < -0.4 is 25.6 Å². The van der Waals surface area contributed by atoms with Gasteiger partial charge in [0, 0.05) is 36.2 Å². The van der Waals surface area contributed by atoms with Gasteiger partial charge in [0.05, 0.1) is 24.7 Å². The van der Waals surface area contributed by atoms with E-state index in [1.54, 1.807) is 26.6 Å². The molecule has 2 aliphatic rings. The molecule has 0 bridgehead atoms. The van der Waals surface area contributed by atoms with Gasteiger partial charge in [0.1, 0.15) is 17.9 Å². The number of rotatable bonds is 7. The molecule has 2 saturated heterocycles. The van der Waals surface area contributed by atoms with Crippen molar-refractivity contribution in [2.45, 2.75) is 18.9 Å². The number of aromatic nitrogens is 2. The molecule has 0 radical (unpaired) electrons. The van der Waals surface area contributed by atoms with E-state index in [1.807, 2.05) is 30.3 Å². The molecule has 3 heterocycles. The molecule has 37 heavy (non-hydrogen) atoms. The summed E-state index contributed by atoms with van der Waals surface area (Å²) < 4.78 is 18.5. The largest absolute Gasteiger partial charge is 0.494 e. The lowest BCUT2D eigenvalue weighted by Gasteiger charge is -2.38. The summed E-state index contributed by atoms with van der Waals surface area (Å²) in [5.41, 5.74) is 2.64. The van der Waals surface area contributed by atoms with Crippen molar-refractivity contribution in [1.82, 2.24) is 14.9 Å². The van der Waals surface area contributed by atoms with E-state index in [9.17, 15) is 4.57 Å². The van der Waals surface area contributed by atoms with Gasteiger partial charge >= 0.3 is 0 Å². The third kappa shape index (κ3) is 5.57. The minimum atomic E-state index is -2.50. The Kier molecular flexibility index (Phi) is 7.35. The van der Waals surface area contributed by atoms with E-state index >= 15 is 0 Å². The fraction of sp³-hybridized carbons (Fsp3) is 0.407. The van der Waals surface area contributed by atoms with Crippen LogP contribution in [0.3, 0.4) is 0 Å². The predicted octanol–water partition coefficient (Wildman–Crippen LogP) is 5.40. The Balaban J connectivity index is 1.35. The summed E-state index contributed by atoms with van der Waals surface area (Å²) in [7, 11) is 1.42. The van der Waals surface area contributed by atoms with Crippen LogP contribution in [0.1, 0.15) is 12.8 Å². The smallest absolute Gasteiger partial charge is 0.229 e. The molecule has 8 nitrogen and oxygen atoms in total. The highest BCUT2D eigenvalue weighted by molar-refractivity contribution is 7.70. The Morgan fingerprint density at radius 3 is 2.68 bits per heavy atom. The molecule has 2 atom stereocenters. The Bertz CT molecular complexity index is 1330. The Morgan fingerprint density at radius 2 is 1.89 bits per heavy atom. The van der Waals surface area contributed by atoms with Crippen molar-refractivity contribution in [2.75, 3.05) is 62.7 Å². The summed E-state index contributed by atoms with van der Waals surface area (Å²) in [6.07, 6.45) is 3.99. The lowest BCUT2D eigenvalue weighted by atomic mass is 9.92. The zero-order valence-corrected chi connectivity index (χ0v) is 23.4. The number of halogens is 1. The maximum absolute atomic E-state index is 12.8. The van der Waals surface area contributed by atoms with Crippen molar-refractivity contribution in [3.8, 4) is 5.75 Å². The number of likely N-dealkylation sites (tertiary alicyclic amines) is 1. The first-order valence-electron chi connectivity index (χ1n) is 12.6. The molecule has 5 rings (SSSR count). The van der Waals surface area contributed by atoms with E-state index in [0.29, 0.717) is 28.5 Å². The lowest BCUT2D eigenvalue weighted by molar-refractivity contribution is 0.239. The standard InChI is InChI=1S/C27H34ClN6O2P/c1-33-13-11-18-17-34(14-12-23(18)33)19-9-10-21(24(15-19)36-2)31-27-29-16-20(28)26(32-27)30-22-7-5-6-8-25(22)37(3,4)35/h5-10,15-16,18,23H,11-14,17H2,1-4H3,(H2,29,30,31,32). The summed E-state index contributed by atoms with van der Waals surface area (Å²) in [5, 5.41) is 7.61. The highest BCUT2D eigenvalue weighted by Crippen LogP contribution is 2.39. The number of hydrogen-bond donors (Lipinski definition) is 2. The van der Waals surface area contributed by atoms with E-state index in [0.717, 1.165) is 41.4 Å². The average molecular weight is 541 g/mol. The quantitative estimate of drug-likeness (QED) is 0.385. The monoisotopic (exact) mass is 540 g/mol. The summed E-state index contributed by atoms with van der Waals surface area (Å²) in [6.45, 7) is 6.79. The van der Waals surface area contributed by atoms with E-state index in [-0.39, 0.29) is 0 Å². The maximum Gasteiger partial charge on any atom is 0.229 e. The Hall–Kier alpha value is -2.80. The number of benzene rings is 2. The minimum Gasteiger partial charge on any atom is -0.494 e. The summed E-state index contributed by atoms with van der Waals surface area (Å²) >= 11 is 6.41. The molecule has 0 amide bonds. The third-order valence-corrected chi connectivity index (χ3v) is 9.22. The molecule has 1 aromatic heterocycles. The number of hydrogen-bond acceptors (Lipinski definition) is 8. The number of nitrogens with zero attached hydrogens (tertiary/aromatic N) is 4. The number of fused-ring (bicyclic) bond motifs is 1. The van der Waals surface area contributed by atoms with Crippen LogP contribution in [0.4, 0.5) is 28.8 Å². The van der Waals surface area contributed by atoms with Gasteiger partial charge in [0.15, 0.2) is 5.82 Å². The second-order valence-corrected chi connectivity index (χ2v) is 13.8. The molecule has 10 heteroatoms. The van der Waals surface area contributed by atoms with Crippen LogP contribution in [-0.2, 0) is 4.57 Å². The maximum atomic E-state index is 12.8. The zero-order valence-electron chi connectivity index (χ0n) is 21.7. The van der Waals surface area contributed by atoms with E-state index in [4.69, 9.17) is 16.3 Å². The molecular weight excluding hydrogens is 507 g/mol. The van der Waals surface area contributed by atoms with Gasteiger partial charge in [-0.15, -0.1) is 0 Å². The second-order valence-electron chi connectivity index (χ2n) is 10.2. The number of methoxy groups -OCH3 is 1. The van der Waals surface area contributed by atoms with Gasteiger partial charge in [-0.2, -0.15) is 4.98 Å². The van der Waals surface area contributed by atoms with Crippen molar-refractivity contribution >= 4 is 52.9 Å². The summed E-state index contributed by atoms with van der Waals surface area (Å²) in [4.78, 5) is 13.9. The van der Waals surface area contributed by atoms with Gasteiger partial charge in [0.25, 0.3) is 0 Å². The second kappa shape index (κ2) is 10.5. The van der Waals surface area contributed by atoms with Crippen LogP contribution >= 0.6 is 18.7 Å². The van der Waals surface area contributed by atoms with Crippen molar-refractivity contribution in [2.24, 2.45) is 5.92 Å². The van der Waals surface area contributed by atoms with Gasteiger partial charge in [-0.1, -0.05) is 23.7 Å². The number of nitrogens with one attached hydrogen (secondary N) is 2. The van der Waals surface area contributed by atoms with Gasteiger partial charge in [-0.3, -0.25) is 0 Å². The average Bonchev–Trinajstić information content (AvgIpc) is 3.26. The van der Waals surface area contributed by atoms with Gasteiger partial charge in [-0.05, 0) is 69.9 Å². The SMILES string of the molecule is COc1cc(N2CCC3C(CCN3C)C2)ccc1Nc1ncc(Cl)c(Nc2ccccc2P(C)(C)=O)n1. The van der Waals surface area contributed by atoms with Crippen molar-refractivity contribution in [3.63, 3.8) is 0 Å². The minimum absolute atomic E-state index is 0.366. The topological polar surface area (TPSA) is 82.6 Å². The van der Waals surface area contributed by atoms with Crippen LogP contribution in [0.2, 0.25) is 5.02 Å². The van der Waals surface area contributed by atoms with Crippen LogP contribution in [0.15, 0.2) is 48.7 Å². The van der Waals surface area contributed by atoms with E-state index in [1.165, 1.54) is 19.4 Å². The molecule has 3 aromatic rings. The molecule has 2 N–H and O–H groups in total. The fourth-order valence-electron chi connectivity index (χ4n) is 5.45. The Labute approximate surface area is 223 Å². The number of anilines is 5.